The van der Waals surface area contributed by atoms with Crippen LogP contribution in [0.3, 0.4) is 0 Å². The van der Waals surface area contributed by atoms with E-state index in [1.54, 1.807) is 0 Å². The van der Waals surface area contributed by atoms with E-state index in [0.29, 0.717) is 11.1 Å². The summed E-state index contributed by atoms with van der Waals surface area (Å²) in [7, 11) is 0. The van der Waals surface area contributed by atoms with Gasteiger partial charge in [-0.2, -0.15) is 0 Å². The first-order valence-corrected chi connectivity index (χ1v) is 7.81. The van der Waals surface area contributed by atoms with Gasteiger partial charge in [0.1, 0.15) is 10.8 Å². The molecule has 108 valence electrons. The van der Waals surface area contributed by atoms with Crippen LogP contribution in [0.25, 0.3) is 0 Å². The Morgan fingerprint density at radius 2 is 1.95 bits per heavy atom. The van der Waals surface area contributed by atoms with Crippen LogP contribution in [0.5, 0.6) is 10.9 Å². The molecule has 0 saturated heterocycles. The van der Waals surface area contributed by atoms with Gasteiger partial charge in [0.05, 0.1) is 0 Å². The van der Waals surface area contributed by atoms with Crippen molar-refractivity contribution in [2.45, 2.75) is 39.7 Å². The van der Waals surface area contributed by atoms with Crippen LogP contribution in [0, 0.1) is 0 Å². The Hall–Kier alpha value is -1.46. The molecule has 0 saturated carbocycles. The van der Waals surface area contributed by atoms with E-state index in [0.717, 1.165) is 30.3 Å². The van der Waals surface area contributed by atoms with Crippen molar-refractivity contribution >= 4 is 11.3 Å². The largest absolute Gasteiger partial charge is 0.430 e. The molecule has 1 heterocycles. The monoisotopic (exact) mass is 291 g/mol. The smallest absolute Gasteiger partial charge is 0.299 e. The minimum atomic E-state index is 0.529. The number of hydrogen-bond donors (Lipinski definition) is 1. The van der Waals surface area contributed by atoms with E-state index in [2.05, 4.69) is 48.4 Å². The molecule has 20 heavy (non-hydrogen) atoms. The normalized spacial score (nSPS) is 11.0. The van der Waals surface area contributed by atoms with Crippen LogP contribution >= 0.6 is 11.3 Å². The lowest BCUT2D eigenvalue weighted by Gasteiger charge is -2.06. The van der Waals surface area contributed by atoms with Gasteiger partial charge in [-0.05, 0) is 36.6 Å². The van der Waals surface area contributed by atoms with E-state index in [4.69, 9.17) is 4.74 Å². The van der Waals surface area contributed by atoms with Crippen molar-refractivity contribution in [3.05, 3.63) is 34.8 Å². The second-order valence-electron chi connectivity index (χ2n) is 4.96. The van der Waals surface area contributed by atoms with Crippen LogP contribution in [-0.2, 0) is 6.54 Å². The number of nitrogens with one attached hydrogen (secondary N) is 1. The Kier molecular flexibility index (Phi) is 5.49. The van der Waals surface area contributed by atoms with Gasteiger partial charge in [-0.1, -0.05) is 49.3 Å². The SMILES string of the molecule is CCCNCc1nnc(Oc2ccc(C(C)C)cc2)s1. The molecule has 0 aliphatic rings. The fourth-order valence-corrected chi connectivity index (χ4v) is 2.42. The average Bonchev–Trinajstić information content (AvgIpc) is 2.87. The predicted molar refractivity (Wildman–Crippen MR) is 82.5 cm³/mol. The fraction of sp³-hybridized carbons (Fsp3) is 0.467. The zero-order valence-electron chi connectivity index (χ0n) is 12.2. The van der Waals surface area contributed by atoms with E-state index in [-0.39, 0.29) is 0 Å². The first kappa shape index (κ1) is 14.9. The van der Waals surface area contributed by atoms with Crippen LogP contribution < -0.4 is 10.1 Å². The third-order valence-corrected chi connectivity index (χ3v) is 3.70. The molecule has 2 aromatic rings. The molecule has 0 spiro atoms. The van der Waals surface area contributed by atoms with Gasteiger partial charge < -0.3 is 10.1 Å². The summed E-state index contributed by atoms with van der Waals surface area (Å²) in [4.78, 5) is 0. The first-order valence-electron chi connectivity index (χ1n) is 7.00. The highest BCUT2D eigenvalue weighted by atomic mass is 32.1. The van der Waals surface area contributed by atoms with Gasteiger partial charge in [-0.25, -0.2) is 0 Å². The minimum Gasteiger partial charge on any atom is -0.430 e. The Labute approximate surface area is 124 Å². The third kappa shape index (κ3) is 4.28. The maximum Gasteiger partial charge on any atom is 0.299 e. The van der Waals surface area contributed by atoms with Crippen LogP contribution in [-0.4, -0.2) is 16.7 Å². The van der Waals surface area contributed by atoms with E-state index in [9.17, 15) is 0 Å². The number of nitrogens with zero attached hydrogens (tertiary/aromatic N) is 2. The number of hydrogen-bond acceptors (Lipinski definition) is 5. The van der Waals surface area contributed by atoms with Gasteiger partial charge in [0.2, 0.25) is 0 Å². The second kappa shape index (κ2) is 7.36. The molecular formula is C15H21N3OS. The van der Waals surface area contributed by atoms with E-state index < -0.39 is 0 Å². The summed E-state index contributed by atoms with van der Waals surface area (Å²) >= 11 is 1.48. The van der Waals surface area contributed by atoms with Gasteiger partial charge >= 0.3 is 0 Å². The van der Waals surface area contributed by atoms with Crippen LogP contribution in [0.1, 0.15) is 43.7 Å². The maximum atomic E-state index is 5.72. The number of benzene rings is 1. The molecule has 1 N–H and O–H groups in total. The molecule has 0 aliphatic carbocycles. The van der Waals surface area contributed by atoms with E-state index in [1.807, 2.05) is 12.1 Å². The number of ether oxygens (including phenoxy) is 1. The van der Waals surface area contributed by atoms with Crippen molar-refractivity contribution in [2.75, 3.05) is 6.54 Å². The highest BCUT2D eigenvalue weighted by molar-refractivity contribution is 7.13. The van der Waals surface area contributed by atoms with Crippen molar-refractivity contribution in [3.8, 4) is 10.9 Å². The van der Waals surface area contributed by atoms with Crippen molar-refractivity contribution in [3.63, 3.8) is 0 Å². The molecule has 0 radical (unpaired) electrons. The zero-order valence-corrected chi connectivity index (χ0v) is 13.0. The molecular weight excluding hydrogens is 270 g/mol. The minimum absolute atomic E-state index is 0.529. The second-order valence-corrected chi connectivity index (χ2v) is 5.99. The number of rotatable bonds is 7. The summed E-state index contributed by atoms with van der Waals surface area (Å²) in [6, 6.07) is 8.13. The molecule has 0 aliphatic heterocycles. The Morgan fingerprint density at radius 1 is 1.20 bits per heavy atom. The molecule has 0 bridgehead atoms. The van der Waals surface area contributed by atoms with E-state index >= 15 is 0 Å². The first-order chi connectivity index (χ1) is 9.69. The van der Waals surface area contributed by atoms with Crippen molar-refractivity contribution < 1.29 is 4.74 Å². The lowest BCUT2D eigenvalue weighted by molar-refractivity contribution is 0.472. The van der Waals surface area contributed by atoms with Crippen molar-refractivity contribution in [2.24, 2.45) is 0 Å². The summed E-state index contributed by atoms with van der Waals surface area (Å²) in [5.41, 5.74) is 1.30. The lowest BCUT2D eigenvalue weighted by Crippen LogP contribution is -2.13. The number of aromatic nitrogens is 2. The van der Waals surface area contributed by atoms with Gasteiger partial charge in [-0.3, -0.25) is 0 Å². The van der Waals surface area contributed by atoms with Crippen LogP contribution in [0.4, 0.5) is 0 Å². The maximum absolute atomic E-state index is 5.72. The topological polar surface area (TPSA) is 47.0 Å². The van der Waals surface area contributed by atoms with Gasteiger partial charge in [0.25, 0.3) is 5.19 Å². The molecule has 0 fully saturated rings. The summed E-state index contributed by atoms with van der Waals surface area (Å²) < 4.78 is 5.72. The summed E-state index contributed by atoms with van der Waals surface area (Å²) in [6.45, 7) is 8.24. The lowest BCUT2D eigenvalue weighted by atomic mass is 10.0. The highest BCUT2D eigenvalue weighted by Gasteiger charge is 2.06. The van der Waals surface area contributed by atoms with Crippen molar-refractivity contribution in [1.82, 2.24) is 15.5 Å². The average molecular weight is 291 g/mol. The fourth-order valence-electron chi connectivity index (χ4n) is 1.74. The van der Waals surface area contributed by atoms with Crippen molar-refractivity contribution in [1.29, 1.82) is 0 Å². The Morgan fingerprint density at radius 3 is 2.60 bits per heavy atom. The molecule has 5 heteroatoms. The highest BCUT2D eigenvalue weighted by Crippen LogP contribution is 2.26. The molecule has 0 atom stereocenters. The molecule has 0 unspecified atom stereocenters. The molecule has 1 aromatic heterocycles. The Bertz CT molecular complexity index is 522. The molecule has 1 aromatic carbocycles. The van der Waals surface area contributed by atoms with Gasteiger partial charge in [0, 0.05) is 6.54 Å². The summed E-state index contributed by atoms with van der Waals surface area (Å²) in [6.07, 6.45) is 1.12. The summed E-state index contributed by atoms with van der Waals surface area (Å²) in [5.74, 6) is 1.33. The third-order valence-electron chi connectivity index (χ3n) is 2.90. The van der Waals surface area contributed by atoms with Crippen LogP contribution in [0.15, 0.2) is 24.3 Å². The van der Waals surface area contributed by atoms with Gasteiger partial charge in [-0.15, -0.1) is 5.10 Å². The molecule has 0 amide bonds. The quantitative estimate of drug-likeness (QED) is 0.785. The van der Waals surface area contributed by atoms with Crippen LogP contribution in [0.2, 0.25) is 0 Å². The zero-order chi connectivity index (χ0) is 14.4. The van der Waals surface area contributed by atoms with Gasteiger partial charge in [0.15, 0.2) is 0 Å². The Balaban J connectivity index is 1.92. The summed E-state index contributed by atoms with van der Waals surface area (Å²) in [5, 5.41) is 13.0. The van der Waals surface area contributed by atoms with E-state index in [1.165, 1.54) is 16.9 Å². The predicted octanol–water partition coefficient (Wildman–Crippen LogP) is 3.95. The molecule has 2 rings (SSSR count). The molecule has 4 nitrogen and oxygen atoms in total. The standard InChI is InChI=1S/C15H21N3OS/c1-4-9-16-10-14-17-18-15(20-14)19-13-7-5-12(6-8-13)11(2)3/h5-8,11,16H,4,9-10H2,1-3H3.